The number of rotatable bonds is 3. The zero-order valence-electron chi connectivity index (χ0n) is 14.8. The summed E-state index contributed by atoms with van der Waals surface area (Å²) in [4.78, 5) is 19.7. The molecule has 0 unspecified atom stereocenters. The summed E-state index contributed by atoms with van der Waals surface area (Å²) in [7, 11) is 1.63. The minimum Gasteiger partial charge on any atom is -0.497 e. The van der Waals surface area contributed by atoms with E-state index in [9.17, 15) is 4.79 Å². The molecule has 5 nitrogen and oxygen atoms in total. The number of hydrogen-bond donors (Lipinski definition) is 3. The fourth-order valence-electron chi connectivity index (χ4n) is 3.94. The molecule has 2 aromatic heterocycles. The van der Waals surface area contributed by atoms with Gasteiger partial charge in [0.05, 0.1) is 23.3 Å². The number of aromatic nitrogens is 2. The maximum Gasteiger partial charge on any atom is 0.211 e. The lowest BCUT2D eigenvalue weighted by Crippen LogP contribution is -2.13. The van der Waals surface area contributed by atoms with Gasteiger partial charge in [-0.3, -0.25) is 4.79 Å². The molecule has 3 heterocycles. The first-order chi connectivity index (χ1) is 13.2. The zero-order valence-corrected chi connectivity index (χ0v) is 15.5. The average molecular weight is 380 g/mol. The molecule has 0 radical (unpaired) electrons. The van der Waals surface area contributed by atoms with Crippen LogP contribution < -0.4 is 10.1 Å². The van der Waals surface area contributed by atoms with E-state index in [1.165, 1.54) is 0 Å². The lowest BCUT2D eigenvalue weighted by molar-refractivity contribution is 0.103. The number of halogens is 1. The van der Waals surface area contributed by atoms with Gasteiger partial charge in [-0.1, -0.05) is 11.6 Å². The molecule has 0 saturated carbocycles. The van der Waals surface area contributed by atoms with Gasteiger partial charge in [0, 0.05) is 40.3 Å². The zero-order chi connectivity index (χ0) is 18.5. The van der Waals surface area contributed by atoms with Crippen molar-refractivity contribution in [1.82, 2.24) is 9.97 Å². The predicted molar refractivity (Wildman–Crippen MR) is 108 cm³/mol. The van der Waals surface area contributed by atoms with E-state index < -0.39 is 0 Å². The maximum atomic E-state index is 13.3. The van der Waals surface area contributed by atoms with Gasteiger partial charge in [0.25, 0.3) is 0 Å². The van der Waals surface area contributed by atoms with E-state index in [1.54, 1.807) is 13.3 Å². The number of H-pyrrole nitrogens is 2. The van der Waals surface area contributed by atoms with E-state index >= 15 is 0 Å². The van der Waals surface area contributed by atoms with Gasteiger partial charge in [-0.2, -0.15) is 0 Å². The molecule has 5 rings (SSSR count). The number of benzene rings is 2. The number of nitrogens with one attached hydrogen (secondary N) is 3. The number of aryl methyl sites for hydroxylation is 1. The Balaban J connectivity index is 1.67. The molecule has 27 heavy (non-hydrogen) atoms. The van der Waals surface area contributed by atoms with Crippen molar-refractivity contribution in [2.75, 3.05) is 19.0 Å². The first-order valence-corrected chi connectivity index (χ1v) is 9.31. The van der Waals surface area contributed by atoms with E-state index in [1.807, 2.05) is 30.3 Å². The second-order valence-corrected chi connectivity index (χ2v) is 7.24. The van der Waals surface area contributed by atoms with Crippen molar-refractivity contribution in [2.24, 2.45) is 0 Å². The number of aromatic amines is 2. The number of ketones is 1. The van der Waals surface area contributed by atoms with Crippen LogP contribution in [-0.4, -0.2) is 29.4 Å². The molecule has 0 saturated heterocycles. The molecule has 0 spiro atoms. The smallest absolute Gasteiger partial charge is 0.211 e. The second kappa shape index (κ2) is 6.06. The molecule has 0 atom stereocenters. The van der Waals surface area contributed by atoms with Gasteiger partial charge < -0.3 is 20.0 Å². The van der Waals surface area contributed by atoms with Crippen molar-refractivity contribution in [3.05, 3.63) is 58.4 Å². The molecule has 0 amide bonds. The Bertz CT molecular complexity index is 1210. The summed E-state index contributed by atoms with van der Waals surface area (Å²) in [5.41, 5.74) is 5.10. The fourth-order valence-corrected chi connectivity index (χ4v) is 4.19. The lowest BCUT2D eigenvalue weighted by Gasteiger charge is -2.20. The average Bonchev–Trinajstić information content (AvgIpc) is 3.32. The molecule has 0 bridgehead atoms. The molecule has 136 valence electrons. The molecule has 0 aliphatic carbocycles. The van der Waals surface area contributed by atoms with E-state index in [-0.39, 0.29) is 5.78 Å². The van der Waals surface area contributed by atoms with Gasteiger partial charge in [0.1, 0.15) is 5.75 Å². The minimum absolute atomic E-state index is 0.0496. The van der Waals surface area contributed by atoms with E-state index in [2.05, 4.69) is 15.3 Å². The number of carbonyl (C=O) groups is 1. The molecule has 3 N–H and O–H groups in total. The first kappa shape index (κ1) is 16.3. The third kappa shape index (κ3) is 2.50. The largest absolute Gasteiger partial charge is 0.497 e. The number of hydrogen-bond acceptors (Lipinski definition) is 3. The van der Waals surface area contributed by atoms with Crippen molar-refractivity contribution in [2.45, 2.75) is 12.8 Å². The SMILES string of the molecule is COc1ccc2[nH]c(C(=O)c3c[nH]c4c(Cl)cc5c(c34)CCCN5)cc2c1. The van der Waals surface area contributed by atoms with Crippen LogP contribution in [0.1, 0.15) is 28.0 Å². The molecular weight excluding hydrogens is 362 g/mol. The lowest BCUT2D eigenvalue weighted by atomic mass is 9.95. The van der Waals surface area contributed by atoms with Crippen LogP contribution in [0.15, 0.2) is 36.5 Å². The number of methoxy groups -OCH3 is 1. The number of anilines is 1. The monoisotopic (exact) mass is 379 g/mol. The highest BCUT2D eigenvalue weighted by Crippen LogP contribution is 2.37. The summed E-state index contributed by atoms with van der Waals surface area (Å²) in [6, 6.07) is 9.52. The Morgan fingerprint density at radius 2 is 2.11 bits per heavy atom. The molecular formula is C21H18ClN3O2. The maximum absolute atomic E-state index is 13.3. The van der Waals surface area contributed by atoms with Crippen LogP contribution >= 0.6 is 11.6 Å². The molecule has 1 aliphatic rings. The number of carbonyl (C=O) groups excluding carboxylic acids is 1. The Morgan fingerprint density at radius 1 is 1.22 bits per heavy atom. The highest BCUT2D eigenvalue weighted by molar-refractivity contribution is 6.36. The van der Waals surface area contributed by atoms with Gasteiger partial charge in [0.15, 0.2) is 0 Å². The fraction of sp³-hybridized carbons (Fsp3) is 0.190. The van der Waals surface area contributed by atoms with Gasteiger partial charge in [-0.15, -0.1) is 0 Å². The van der Waals surface area contributed by atoms with Gasteiger partial charge in [0.2, 0.25) is 5.78 Å². The van der Waals surface area contributed by atoms with Gasteiger partial charge >= 0.3 is 0 Å². The third-order valence-corrected chi connectivity index (χ3v) is 5.55. The Morgan fingerprint density at radius 3 is 2.96 bits per heavy atom. The summed E-state index contributed by atoms with van der Waals surface area (Å²) in [5, 5.41) is 5.88. The standard InChI is InChI=1S/C21H18ClN3O2/c1-27-12-4-5-16-11(7-12)8-18(25-16)21(26)14-10-24-20-15(22)9-17-13(19(14)20)3-2-6-23-17/h4-5,7-10,23-25H,2-3,6H2,1H3. The second-order valence-electron chi connectivity index (χ2n) is 6.83. The summed E-state index contributed by atoms with van der Waals surface area (Å²) in [5.74, 6) is 0.714. The van der Waals surface area contributed by atoms with Crippen LogP contribution in [0.3, 0.4) is 0 Å². The van der Waals surface area contributed by atoms with Crippen LogP contribution in [0, 0.1) is 0 Å². The molecule has 6 heteroatoms. The third-order valence-electron chi connectivity index (χ3n) is 5.25. The number of ether oxygens (including phenoxy) is 1. The molecule has 4 aromatic rings. The molecule has 1 aliphatic heterocycles. The molecule has 0 fully saturated rings. The van der Waals surface area contributed by atoms with Crippen LogP contribution in [0.5, 0.6) is 5.75 Å². The van der Waals surface area contributed by atoms with Crippen molar-refractivity contribution in [1.29, 1.82) is 0 Å². The Kier molecular flexibility index (Phi) is 3.65. The van der Waals surface area contributed by atoms with E-state index in [0.717, 1.165) is 58.2 Å². The topological polar surface area (TPSA) is 69.9 Å². The van der Waals surface area contributed by atoms with Crippen molar-refractivity contribution in [3.63, 3.8) is 0 Å². The first-order valence-electron chi connectivity index (χ1n) is 8.93. The Labute approximate surface area is 160 Å². The molecule has 2 aromatic carbocycles. The van der Waals surface area contributed by atoms with E-state index in [0.29, 0.717) is 16.3 Å². The predicted octanol–water partition coefficient (Wildman–Crippen LogP) is 4.90. The van der Waals surface area contributed by atoms with Crippen molar-refractivity contribution >= 4 is 44.9 Å². The van der Waals surface area contributed by atoms with Crippen LogP contribution in [0.4, 0.5) is 5.69 Å². The highest BCUT2D eigenvalue weighted by Gasteiger charge is 2.23. The van der Waals surface area contributed by atoms with Crippen LogP contribution in [-0.2, 0) is 6.42 Å². The van der Waals surface area contributed by atoms with Crippen LogP contribution in [0.25, 0.3) is 21.8 Å². The van der Waals surface area contributed by atoms with Gasteiger partial charge in [-0.05, 0) is 48.7 Å². The van der Waals surface area contributed by atoms with Crippen molar-refractivity contribution < 1.29 is 9.53 Å². The summed E-state index contributed by atoms with van der Waals surface area (Å²) < 4.78 is 5.27. The number of fused-ring (bicyclic) bond motifs is 4. The normalized spacial score (nSPS) is 13.6. The van der Waals surface area contributed by atoms with Crippen molar-refractivity contribution in [3.8, 4) is 5.75 Å². The van der Waals surface area contributed by atoms with Crippen LogP contribution in [0.2, 0.25) is 5.02 Å². The summed E-state index contributed by atoms with van der Waals surface area (Å²) in [6.45, 7) is 0.923. The van der Waals surface area contributed by atoms with Gasteiger partial charge in [-0.25, -0.2) is 0 Å². The van der Waals surface area contributed by atoms with E-state index in [4.69, 9.17) is 16.3 Å². The quantitative estimate of drug-likeness (QED) is 0.443. The highest BCUT2D eigenvalue weighted by atomic mass is 35.5. The summed E-state index contributed by atoms with van der Waals surface area (Å²) in [6.07, 6.45) is 3.73. The Hall–Kier alpha value is -2.92. The summed E-state index contributed by atoms with van der Waals surface area (Å²) >= 11 is 6.45. The minimum atomic E-state index is -0.0496.